The van der Waals surface area contributed by atoms with Crippen molar-refractivity contribution in [3.8, 4) is 0 Å². The van der Waals surface area contributed by atoms with Crippen molar-refractivity contribution in [3.05, 3.63) is 77.9 Å². The number of hydrogen-bond acceptors (Lipinski definition) is 4. The summed E-state index contributed by atoms with van der Waals surface area (Å²) in [5.41, 5.74) is 3.13. The van der Waals surface area contributed by atoms with Crippen LogP contribution in [0, 0.1) is 0 Å². The predicted molar refractivity (Wildman–Crippen MR) is 102 cm³/mol. The third-order valence-electron chi connectivity index (χ3n) is 4.60. The molecule has 27 heavy (non-hydrogen) atoms. The molecule has 7 nitrogen and oxygen atoms in total. The van der Waals surface area contributed by atoms with Gasteiger partial charge in [0.05, 0.1) is 5.52 Å². The molecule has 0 spiro atoms. The van der Waals surface area contributed by atoms with Crippen LogP contribution in [0.3, 0.4) is 0 Å². The van der Waals surface area contributed by atoms with Crippen LogP contribution in [0.5, 0.6) is 0 Å². The predicted octanol–water partition coefficient (Wildman–Crippen LogP) is 2.70. The van der Waals surface area contributed by atoms with Crippen LogP contribution < -0.4 is 5.32 Å². The number of aromatic nitrogens is 5. The van der Waals surface area contributed by atoms with E-state index < -0.39 is 0 Å². The summed E-state index contributed by atoms with van der Waals surface area (Å²) in [5.74, 6) is 0.590. The van der Waals surface area contributed by atoms with E-state index >= 15 is 0 Å². The lowest BCUT2D eigenvalue weighted by Gasteiger charge is -2.19. The highest BCUT2D eigenvalue weighted by Crippen LogP contribution is 2.21. The molecule has 0 bridgehead atoms. The minimum atomic E-state index is -0.347. The van der Waals surface area contributed by atoms with Gasteiger partial charge < -0.3 is 9.88 Å². The lowest BCUT2D eigenvalue weighted by atomic mass is 10.1. The number of amides is 1. The average molecular weight is 360 g/mol. The Morgan fingerprint density at radius 3 is 2.70 bits per heavy atom. The lowest BCUT2D eigenvalue weighted by Crippen LogP contribution is -2.31. The summed E-state index contributed by atoms with van der Waals surface area (Å²) in [6.07, 6.45) is 3.60. The van der Waals surface area contributed by atoms with Gasteiger partial charge >= 0.3 is 0 Å². The topological polar surface area (TPSA) is 77.6 Å². The molecule has 4 rings (SSSR count). The molecular formula is C20H20N6O. The Balaban J connectivity index is 1.67. The lowest BCUT2D eigenvalue weighted by molar-refractivity contribution is 0.0941. The molecule has 0 aliphatic heterocycles. The van der Waals surface area contributed by atoms with E-state index in [9.17, 15) is 4.79 Å². The van der Waals surface area contributed by atoms with Crippen molar-refractivity contribution in [3.63, 3.8) is 0 Å². The van der Waals surface area contributed by atoms with Gasteiger partial charge in [-0.25, -0.2) is 9.67 Å². The smallest absolute Gasteiger partial charge is 0.252 e. The Hall–Kier alpha value is -3.48. The summed E-state index contributed by atoms with van der Waals surface area (Å²) in [5, 5.41) is 11.3. The highest BCUT2D eigenvalue weighted by molar-refractivity contribution is 5.97. The van der Waals surface area contributed by atoms with E-state index in [0.717, 1.165) is 23.4 Å². The number of aryl methyl sites for hydroxylation is 2. The molecule has 4 aromatic rings. The van der Waals surface area contributed by atoms with Crippen molar-refractivity contribution in [1.29, 1.82) is 0 Å². The van der Waals surface area contributed by atoms with Crippen LogP contribution in [0.4, 0.5) is 0 Å². The van der Waals surface area contributed by atoms with E-state index in [4.69, 9.17) is 0 Å². The van der Waals surface area contributed by atoms with Gasteiger partial charge in [0.1, 0.15) is 17.4 Å². The fourth-order valence-electron chi connectivity index (χ4n) is 3.16. The summed E-state index contributed by atoms with van der Waals surface area (Å²) in [4.78, 5) is 17.4. The maximum Gasteiger partial charge on any atom is 0.252 e. The summed E-state index contributed by atoms with van der Waals surface area (Å²) in [6.45, 7) is 2.74. The number of imidazole rings is 1. The van der Waals surface area contributed by atoms with Gasteiger partial charge in [0, 0.05) is 31.5 Å². The van der Waals surface area contributed by atoms with Gasteiger partial charge in [-0.05, 0) is 30.7 Å². The zero-order valence-electron chi connectivity index (χ0n) is 15.2. The van der Waals surface area contributed by atoms with Crippen molar-refractivity contribution in [2.45, 2.75) is 19.5 Å². The first-order valence-electron chi connectivity index (χ1n) is 8.83. The van der Waals surface area contributed by atoms with Gasteiger partial charge in [-0.1, -0.05) is 35.5 Å². The van der Waals surface area contributed by atoms with E-state index in [1.165, 1.54) is 0 Å². The minimum Gasteiger partial charge on any atom is -0.338 e. The Morgan fingerprint density at radius 2 is 2.00 bits per heavy atom. The second-order valence-electron chi connectivity index (χ2n) is 6.32. The zero-order chi connectivity index (χ0) is 18.8. The fraction of sp³-hybridized carbons (Fsp3) is 0.200. The molecule has 1 N–H and O–H groups in total. The van der Waals surface area contributed by atoms with Gasteiger partial charge in [0.25, 0.3) is 5.91 Å². The highest BCUT2D eigenvalue weighted by Gasteiger charge is 2.21. The standard InChI is InChI=1S/C20H20N6O/c1-3-26-17-10-9-15(13-16(17)23-24-26)20(27)22-18(14-7-5-4-6-8-14)19-21-11-12-25(19)2/h4-13,18H,3H2,1-2H3,(H,22,27)/t18-/m0/s1. The largest absolute Gasteiger partial charge is 0.338 e. The molecule has 0 fully saturated rings. The normalized spacial score (nSPS) is 12.2. The zero-order valence-corrected chi connectivity index (χ0v) is 15.2. The molecule has 1 atom stereocenters. The monoisotopic (exact) mass is 360 g/mol. The summed E-state index contributed by atoms with van der Waals surface area (Å²) < 4.78 is 3.71. The third-order valence-corrected chi connectivity index (χ3v) is 4.60. The number of rotatable bonds is 5. The Bertz CT molecular complexity index is 1080. The van der Waals surface area contributed by atoms with E-state index in [1.54, 1.807) is 23.0 Å². The maximum absolute atomic E-state index is 13.0. The molecule has 2 aromatic carbocycles. The molecule has 0 radical (unpaired) electrons. The van der Waals surface area contributed by atoms with E-state index in [-0.39, 0.29) is 11.9 Å². The van der Waals surface area contributed by atoms with Gasteiger partial charge in [0.2, 0.25) is 0 Å². The first kappa shape index (κ1) is 17.0. The third kappa shape index (κ3) is 3.19. The molecule has 0 unspecified atom stereocenters. The molecule has 7 heteroatoms. The number of nitrogens with zero attached hydrogens (tertiary/aromatic N) is 5. The van der Waals surface area contributed by atoms with Crippen LogP contribution >= 0.6 is 0 Å². The number of fused-ring (bicyclic) bond motifs is 1. The number of benzene rings is 2. The number of carbonyl (C=O) groups is 1. The first-order chi connectivity index (χ1) is 13.2. The Morgan fingerprint density at radius 1 is 1.19 bits per heavy atom. The van der Waals surface area contributed by atoms with Crippen LogP contribution in [0.25, 0.3) is 11.0 Å². The molecule has 0 saturated heterocycles. The van der Waals surface area contributed by atoms with E-state index in [1.807, 2.05) is 61.1 Å². The number of nitrogens with one attached hydrogen (secondary N) is 1. The minimum absolute atomic E-state index is 0.181. The van der Waals surface area contributed by atoms with Crippen LogP contribution in [0.15, 0.2) is 60.9 Å². The molecule has 0 aliphatic carbocycles. The molecule has 2 heterocycles. The van der Waals surface area contributed by atoms with Crippen molar-refractivity contribution in [2.24, 2.45) is 7.05 Å². The second kappa shape index (κ2) is 7.03. The summed E-state index contributed by atoms with van der Waals surface area (Å²) in [7, 11) is 1.92. The van der Waals surface area contributed by atoms with Gasteiger partial charge in [-0.2, -0.15) is 0 Å². The highest BCUT2D eigenvalue weighted by atomic mass is 16.1. The van der Waals surface area contributed by atoms with Gasteiger partial charge in [-0.15, -0.1) is 5.10 Å². The first-order valence-corrected chi connectivity index (χ1v) is 8.83. The van der Waals surface area contributed by atoms with Crippen molar-refractivity contribution in [2.75, 3.05) is 0 Å². The van der Waals surface area contributed by atoms with Crippen molar-refractivity contribution >= 4 is 16.9 Å². The van der Waals surface area contributed by atoms with Crippen LogP contribution in [0.1, 0.15) is 34.7 Å². The van der Waals surface area contributed by atoms with Crippen LogP contribution in [0.2, 0.25) is 0 Å². The van der Waals surface area contributed by atoms with Crippen LogP contribution in [-0.4, -0.2) is 30.5 Å². The molecular weight excluding hydrogens is 340 g/mol. The SMILES string of the molecule is CCn1nnc2cc(C(=O)N[C@@H](c3ccccc3)c3nccn3C)ccc21. The van der Waals surface area contributed by atoms with Crippen LogP contribution in [-0.2, 0) is 13.6 Å². The van der Waals surface area contributed by atoms with E-state index in [2.05, 4.69) is 20.6 Å². The maximum atomic E-state index is 13.0. The summed E-state index contributed by atoms with van der Waals surface area (Å²) in [6, 6.07) is 14.9. The van der Waals surface area contributed by atoms with Crippen molar-refractivity contribution in [1.82, 2.24) is 29.9 Å². The van der Waals surface area contributed by atoms with E-state index in [0.29, 0.717) is 11.1 Å². The molecule has 0 saturated carbocycles. The molecule has 136 valence electrons. The van der Waals surface area contributed by atoms with Crippen molar-refractivity contribution < 1.29 is 4.79 Å². The van der Waals surface area contributed by atoms with Gasteiger partial charge in [-0.3, -0.25) is 4.79 Å². The number of hydrogen-bond donors (Lipinski definition) is 1. The average Bonchev–Trinajstić information content (AvgIpc) is 3.31. The van der Waals surface area contributed by atoms with Gasteiger partial charge in [0.15, 0.2) is 0 Å². The quantitative estimate of drug-likeness (QED) is 0.594. The molecule has 0 aliphatic rings. The number of carbonyl (C=O) groups excluding carboxylic acids is 1. The fourth-order valence-corrected chi connectivity index (χ4v) is 3.16. The molecule has 1 amide bonds. The summed E-state index contributed by atoms with van der Waals surface area (Å²) >= 11 is 0. The Labute approximate surface area is 156 Å². The Kier molecular flexibility index (Phi) is 4.42. The second-order valence-corrected chi connectivity index (χ2v) is 6.32. The molecule has 2 aromatic heterocycles.